The molecule has 0 unspecified atom stereocenters. The molecule has 0 fully saturated rings. The van der Waals surface area contributed by atoms with E-state index in [0.717, 1.165) is 6.16 Å². The fraction of sp³-hybridized carbons (Fsp3) is 0.0435. The van der Waals surface area contributed by atoms with Crippen molar-refractivity contribution in [1.82, 2.24) is 0 Å². The van der Waals surface area contributed by atoms with Crippen molar-refractivity contribution >= 4 is 59.3 Å². The van der Waals surface area contributed by atoms with Crippen LogP contribution in [0.5, 0.6) is 0 Å². The monoisotopic (exact) mass is 432 g/mol. The molecule has 4 heteroatoms. The van der Waals surface area contributed by atoms with Crippen molar-refractivity contribution < 1.29 is 0 Å². The first-order valence-corrected chi connectivity index (χ1v) is 11.7. The summed E-state index contributed by atoms with van der Waals surface area (Å²) in [5.41, 5.74) is 0. The van der Waals surface area contributed by atoms with E-state index in [4.69, 9.17) is 0 Å². The third kappa shape index (κ3) is 4.45. The van der Waals surface area contributed by atoms with Crippen LogP contribution in [0, 0.1) is 0 Å². The maximum atomic E-state index is 2.32. The molecule has 0 amide bonds. The molecule has 1 heterocycles. The fourth-order valence-corrected chi connectivity index (χ4v) is 9.66. The maximum absolute atomic E-state index is 2.32. The molecule has 140 valence electrons. The molecule has 0 aliphatic rings. The minimum absolute atomic E-state index is 0. The Morgan fingerprint density at radius 3 is 1.26 bits per heavy atom. The van der Waals surface area contributed by atoms with Crippen LogP contribution >= 0.6 is 43.4 Å². The molecule has 0 nitrogen and oxygen atoms in total. The van der Waals surface area contributed by atoms with E-state index in [1.165, 1.54) is 20.8 Å². The van der Waals surface area contributed by atoms with Crippen molar-refractivity contribution in [3.8, 4) is 0 Å². The predicted molar refractivity (Wildman–Crippen MR) is 129 cm³/mol. The van der Waals surface area contributed by atoms with Crippen molar-refractivity contribution in [3.05, 3.63) is 113 Å². The summed E-state index contributed by atoms with van der Waals surface area (Å²) in [7, 11) is -2.12. The summed E-state index contributed by atoms with van der Waals surface area (Å²) in [6.07, 6.45) is 1.10. The van der Waals surface area contributed by atoms with E-state index in [1.807, 2.05) is 11.3 Å². The van der Waals surface area contributed by atoms with Crippen molar-refractivity contribution in [2.24, 2.45) is 0 Å². The zero-order chi connectivity index (χ0) is 17.0. The molecule has 0 bridgehead atoms. The fourth-order valence-electron chi connectivity index (χ4n) is 3.65. The second kappa shape index (κ2) is 10.1. The molecular weight excluding hydrogens is 410 g/mol. The Labute approximate surface area is 178 Å². The van der Waals surface area contributed by atoms with Gasteiger partial charge in [-0.2, -0.15) is 0 Å². The van der Waals surface area contributed by atoms with Crippen LogP contribution in [0.4, 0.5) is 0 Å². The van der Waals surface area contributed by atoms with Crippen LogP contribution in [0.2, 0.25) is 0 Å². The Morgan fingerprint density at radius 2 is 0.926 bits per heavy atom. The van der Waals surface area contributed by atoms with Gasteiger partial charge in [0.1, 0.15) is 0 Å². The van der Waals surface area contributed by atoms with Crippen LogP contribution in [-0.4, -0.2) is 0 Å². The SMILES string of the molecule is Cl.Cl.c1ccc([PH](Cc2cccs2)(c2ccccc2)c2ccccc2)cc1. The van der Waals surface area contributed by atoms with Gasteiger partial charge in [0.15, 0.2) is 0 Å². The Morgan fingerprint density at radius 1 is 0.519 bits per heavy atom. The van der Waals surface area contributed by atoms with Gasteiger partial charge in [-0.15, -0.1) is 24.8 Å². The van der Waals surface area contributed by atoms with Gasteiger partial charge in [0, 0.05) is 0 Å². The summed E-state index contributed by atoms with van der Waals surface area (Å²) in [6.45, 7) is 0. The molecule has 0 spiro atoms. The molecule has 0 saturated carbocycles. The predicted octanol–water partition coefficient (Wildman–Crippen LogP) is 5.82. The normalized spacial score (nSPS) is 11.1. The van der Waals surface area contributed by atoms with Gasteiger partial charge in [-0.1, -0.05) is 0 Å². The topological polar surface area (TPSA) is 0 Å². The number of hydrogen-bond acceptors (Lipinski definition) is 1. The van der Waals surface area contributed by atoms with Crippen molar-refractivity contribution in [1.29, 1.82) is 0 Å². The van der Waals surface area contributed by atoms with Gasteiger partial charge < -0.3 is 0 Å². The average molecular weight is 433 g/mol. The second-order valence-corrected chi connectivity index (χ2v) is 11.2. The van der Waals surface area contributed by atoms with E-state index in [1.54, 1.807) is 0 Å². The summed E-state index contributed by atoms with van der Waals surface area (Å²) in [5, 5.41) is 6.61. The van der Waals surface area contributed by atoms with Gasteiger partial charge in [0.25, 0.3) is 0 Å². The third-order valence-corrected chi connectivity index (χ3v) is 10.8. The van der Waals surface area contributed by atoms with Crippen LogP contribution < -0.4 is 15.9 Å². The average Bonchev–Trinajstić information content (AvgIpc) is 3.21. The van der Waals surface area contributed by atoms with E-state index in [9.17, 15) is 0 Å². The summed E-state index contributed by atoms with van der Waals surface area (Å²) in [4.78, 5) is 1.46. The number of hydrogen-bond donors (Lipinski definition) is 0. The van der Waals surface area contributed by atoms with Crippen LogP contribution in [0.25, 0.3) is 0 Å². The van der Waals surface area contributed by atoms with Crippen LogP contribution in [0.1, 0.15) is 4.88 Å². The molecule has 0 atom stereocenters. The summed E-state index contributed by atoms with van der Waals surface area (Å²) in [6, 6.07) is 37.8. The Kier molecular flexibility index (Phi) is 8.07. The molecule has 4 aromatic rings. The van der Waals surface area contributed by atoms with Gasteiger partial charge in [-0.3, -0.25) is 0 Å². The van der Waals surface area contributed by atoms with E-state index in [2.05, 4.69) is 109 Å². The molecule has 0 saturated heterocycles. The molecule has 27 heavy (non-hydrogen) atoms. The molecule has 0 N–H and O–H groups in total. The Hall–Kier alpha value is -1.63. The molecule has 0 aliphatic heterocycles. The third-order valence-electron chi connectivity index (χ3n) is 4.82. The number of halogens is 2. The molecule has 0 aliphatic carbocycles. The van der Waals surface area contributed by atoms with E-state index in [-0.39, 0.29) is 24.8 Å². The zero-order valence-electron chi connectivity index (χ0n) is 14.8. The molecule has 3 aromatic carbocycles. The molecular formula is C23H23Cl2PS. The Bertz CT molecular complexity index is 814. The summed E-state index contributed by atoms with van der Waals surface area (Å²) in [5.74, 6) is 0. The van der Waals surface area contributed by atoms with Gasteiger partial charge >= 0.3 is 154 Å². The van der Waals surface area contributed by atoms with Crippen molar-refractivity contribution in [2.75, 3.05) is 0 Å². The van der Waals surface area contributed by atoms with Crippen LogP contribution in [0.15, 0.2) is 109 Å². The Balaban J connectivity index is 0.00000131. The van der Waals surface area contributed by atoms with E-state index in [0.29, 0.717) is 0 Å². The first kappa shape index (κ1) is 21.7. The first-order chi connectivity index (χ1) is 12.4. The van der Waals surface area contributed by atoms with Crippen molar-refractivity contribution in [2.45, 2.75) is 6.16 Å². The molecule has 0 radical (unpaired) electrons. The summed E-state index contributed by atoms with van der Waals surface area (Å²) >= 11 is 1.87. The molecule has 1 aromatic heterocycles. The first-order valence-electron chi connectivity index (χ1n) is 8.58. The quantitative estimate of drug-likeness (QED) is 0.348. The van der Waals surface area contributed by atoms with E-state index >= 15 is 0 Å². The number of thiophene rings is 1. The van der Waals surface area contributed by atoms with Crippen LogP contribution in [0.3, 0.4) is 0 Å². The number of rotatable bonds is 5. The van der Waals surface area contributed by atoms with Gasteiger partial charge in [-0.05, 0) is 0 Å². The van der Waals surface area contributed by atoms with Crippen molar-refractivity contribution in [3.63, 3.8) is 0 Å². The van der Waals surface area contributed by atoms with E-state index < -0.39 is 7.26 Å². The zero-order valence-corrected chi connectivity index (χ0v) is 18.3. The summed E-state index contributed by atoms with van der Waals surface area (Å²) < 4.78 is 0. The second-order valence-electron chi connectivity index (χ2n) is 6.26. The standard InChI is InChI=1S/C23H21PS.2ClH/c1-4-11-20(12-5-1)24(19-23-17-10-18-25-23,21-13-6-2-7-14-21)22-15-8-3-9-16-22;;/h1-18,24H,19H2;2*1H. The molecule has 4 rings (SSSR count). The van der Waals surface area contributed by atoms with Crippen LogP contribution in [-0.2, 0) is 6.16 Å². The van der Waals surface area contributed by atoms with Gasteiger partial charge in [0.05, 0.1) is 0 Å². The minimum atomic E-state index is -2.12. The number of benzene rings is 3. The van der Waals surface area contributed by atoms with Gasteiger partial charge in [0.2, 0.25) is 0 Å². The van der Waals surface area contributed by atoms with Gasteiger partial charge in [-0.25, -0.2) is 0 Å².